The first kappa shape index (κ1) is 12.4. The molecule has 0 spiro atoms. The number of rotatable bonds is 5. The van der Waals surface area contributed by atoms with Crippen LogP contribution in [0.25, 0.3) is 0 Å². The molecule has 0 saturated carbocycles. The number of aliphatic hydroxyl groups excluding tert-OH is 1. The number of hydrogen-bond donors (Lipinski definition) is 3. The highest BCUT2D eigenvalue weighted by molar-refractivity contribution is 5.20. The van der Waals surface area contributed by atoms with Crippen LogP contribution in [0, 0.1) is 0 Å². The second kappa shape index (κ2) is 6.59. The second-order valence-corrected chi connectivity index (χ2v) is 4.60. The summed E-state index contributed by atoms with van der Waals surface area (Å²) in [7, 11) is 0. The van der Waals surface area contributed by atoms with E-state index in [4.69, 9.17) is 4.74 Å². The highest BCUT2D eigenvalue weighted by atomic mass is 16.5. The summed E-state index contributed by atoms with van der Waals surface area (Å²) in [5, 5.41) is 12.2. The Bertz CT molecular complexity index is 312. The Balaban J connectivity index is 1.68. The van der Waals surface area contributed by atoms with Crippen molar-refractivity contribution in [1.82, 2.24) is 0 Å². The van der Waals surface area contributed by atoms with Crippen LogP contribution in [0.3, 0.4) is 0 Å². The lowest BCUT2D eigenvalue weighted by molar-refractivity contribution is -0.949. The zero-order chi connectivity index (χ0) is 11.9. The summed E-state index contributed by atoms with van der Waals surface area (Å²) in [6.07, 6.45) is -0.372. The van der Waals surface area contributed by atoms with Gasteiger partial charge in [-0.15, -0.1) is 0 Å². The number of para-hydroxylation sites is 1. The van der Waals surface area contributed by atoms with Crippen LogP contribution in [0.15, 0.2) is 30.3 Å². The predicted octanol–water partition coefficient (Wildman–Crippen LogP) is -2.11. The number of ether oxygens (including phenoxy) is 1. The SMILES string of the molecule is OC(COc1ccccc1)C[NH+]1CC[NH2+]CC1. The van der Waals surface area contributed by atoms with Gasteiger partial charge in [-0.2, -0.15) is 0 Å². The van der Waals surface area contributed by atoms with Crippen LogP contribution >= 0.6 is 0 Å². The second-order valence-electron chi connectivity index (χ2n) is 4.60. The molecule has 0 amide bonds. The maximum Gasteiger partial charge on any atom is 0.137 e. The van der Waals surface area contributed by atoms with Gasteiger partial charge >= 0.3 is 0 Å². The lowest BCUT2D eigenvalue weighted by atomic mass is 10.3. The molecule has 1 unspecified atom stereocenters. The van der Waals surface area contributed by atoms with Crippen LogP contribution in [-0.2, 0) is 0 Å². The third-order valence-corrected chi connectivity index (χ3v) is 3.11. The monoisotopic (exact) mass is 238 g/mol. The molecule has 1 saturated heterocycles. The summed E-state index contributed by atoms with van der Waals surface area (Å²) in [5.41, 5.74) is 0. The van der Waals surface area contributed by atoms with Crippen LogP contribution in [0.4, 0.5) is 0 Å². The zero-order valence-corrected chi connectivity index (χ0v) is 10.1. The molecule has 1 heterocycles. The maximum atomic E-state index is 9.91. The van der Waals surface area contributed by atoms with E-state index in [0.29, 0.717) is 6.61 Å². The molecule has 0 radical (unpaired) electrons. The molecule has 94 valence electrons. The Morgan fingerprint density at radius 3 is 2.65 bits per heavy atom. The zero-order valence-electron chi connectivity index (χ0n) is 10.1. The molecule has 4 nitrogen and oxygen atoms in total. The fourth-order valence-electron chi connectivity index (χ4n) is 2.19. The minimum Gasteiger partial charge on any atom is -0.491 e. The van der Waals surface area contributed by atoms with Gasteiger partial charge in [-0.3, -0.25) is 0 Å². The van der Waals surface area contributed by atoms with E-state index in [1.54, 1.807) is 0 Å². The molecule has 0 aromatic heterocycles. The highest BCUT2D eigenvalue weighted by Crippen LogP contribution is 2.08. The number of piperazine rings is 1. The highest BCUT2D eigenvalue weighted by Gasteiger charge is 2.19. The summed E-state index contributed by atoms with van der Waals surface area (Å²) >= 11 is 0. The van der Waals surface area contributed by atoms with Crippen molar-refractivity contribution < 1.29 is 20.1 Å². The van der Waals surface area contributed by atoms with Crippen molar-refractivity contribution >= 4 is 0 Å². The van der Waals surface area contributed by atoms with Crippen molar-refractivity contribution in [1.29, 1.82) is 0 Å². The molecule has 1 aromatic rings. The number of nitrogens with one attached hydrogen (secondary N) is 1. The van der Waals surface area contributed by atoms with Crippen LogP contribution in [0.5, 0.6) is 5.75 Å². The largest absolute Gasteiger partial charge is 0.491 e. The molecule has 4 heteroatoms. The molecule has 1 aliphatic rings. The van der Waals surface area contributed by atoms with Crippen LogP contribution < -0.4 is 15.0 Å². The fraction of sp³-hybridized carbons (Fsp3) is 0.538. The van der Waals surface area contributed by atoms with Gasteiger partial charge in [-0.25, -0.2) is 0 Å². The Kier molecular flexibility index (Phi) is 4.79. The van der Waals surface area contributed by atoms with Crippen LogP contribution in [-0.4, -0.2) is 50.5 Å². The van der Waals surface area contributed by atoms with E-state index in [1.807, 2.05) is 30.3 Å². The van der Waals surface area contributed by atoms with Gasteiger partial charge in [0, 0.05) is 0 Å². The van der Waals surface area contributed by atoms with Gasteiger partial charge in [0.2, 0.25) is 0 Å². The summed E-state index contributed by atoms with van der Waals surface area (Å²) < 4.78 is 5.54. The van der Waals surface area contributed by atoms with Gasteiger partial charge in [-0.1, -0.05) is 18.2 Å². The van der Waals surface area contributed by atoms with Crippen LogP contribution in [0.2, 0.25) is 0 Å². The van der Waals surface area contributed by atoms with Crippen molar-refractivity contribution in [3.8, 4) is 5.75 Å². The molecule has 1 atom stereocenters. The van der Waals surface area contributed by atoms with Gasteiger partial charge in [0.05, 0.1) is 0 Å². The normalized spacial score (nSPS) is 18.9. The van der Waals surface area contributed by atoms with E-state index >= 15 is 0 Å². The summed E-state index contributed by atoms with van der Waals surface area (Å²) in [6, 6.07) is 9.66. The molecule has 0 aliphatic carbocycles. The van der Waals surface area contributed by atoms with Crippen molar-refractivity contribution in [2.45, 2.75) is 6.10 Å². The lowest BCUT2D eigenvalue weighted by Crippen LogP contribution is -3.21. The van der Waals surface area contributed by atoms with E-state index in [9.17, 15) is 5.11 Å². The van der Waals surface area contributed by atoms with Gasteiger partial charge < -0.3 is 20.1 Å². The maximum absolute atomic E-state index is 9.91. The van der Waals surface area contributed by atoms with Gasteiger partial charge in [0.1, 0.15) is 51.2 Å². The standard InChI is InChI=1S/C13H20N2O2/c16-12(10-15-8-6-14-7-9-15)11-17-13-4-2-1-3-5-13/h1-5,12,14,16H,6-11H2/p+2. The molecule has 0 bridgehead atoms. The number of nitrogens with two attached hydrogens (primary N) is 1. The molecule has 1 aliphatic heterocycles. The minimum atomic E-state index is -0.372. The third-order valence-electron chi connectivity index (χ3n) is 3.11. The van der Waals surface area contributed by atoms with Crippen molar-refractivity contribution in [3.05, 3.63) is 30.3 Å². The Morgan fingerprint density at radius 2 is 1.94 bits per heavy atom. The first-order chi connectivity index (χ1) is 8.34. The lowest BCUT2D eigenvalue weighted by Gasteiger charge is -2.24. The number of benzene rings is 1. The number of aliphatic hydroxyl groups is 1. The van der Waals surface area contributed by atoms with Crippen molar-refractivity contribution in [3.63, 3.8) is 0 Å². The van der Waals surface area contributed by atoms with Crippen molar-refractivity contribution in [2.75, 3.05) is 39.3 Å². The number of hydrogen-bond acceptors (Lipinski definition) is 2. The quantitative estimate of drug-likeness (QED) is 0.550. The Labute approximate surface area is 102 Å². The van der Waals surface area contributed by atoms with Gasteiger partial charge in [-0.05, 0) is 12.1 Å². The van der Waals surface area contributed by atoms with E-state index in [0.717, 1.165) is 25.4 Å². The number of quaternary nitrogens is 2. The molecule has 1 aromatic carbocycles. The molecular weight excluding hydrogens is 216 g/mol. The van der Waals surface area contributed by atoms with E-state index in [2.05, 4.69) is 5.32 Å². The third kappa shape index (κ3) is 4.34. The molecule has 1 fully saturated rings. The first-order valence-corrected chi connectivity index (χ1v) is 6.36. The average molecular weight is 238 g/mol. The summed E-state index contributed by atoms with van der Waals surface area (Å²) in [5.74, 6) is 0.827. The van der Waals surface area contributed by atoms with E-state index < -0.39 is 0 Å². The molecule has 2 rings (SSSR count). The molecule has 17 heavy (non-hydrogen) atoms. The summed E-state index contributed by atoms with van der Waals surface area (Å²) in [6.45, 7) is 5.80. The molecule has 4 N–H and O–H groups in total. The van der Waals surface area contributed by atoms with Gasteiger partial charge in [0.15, 0.2) is 0 Å². The van der Waals surface area contributed by atoms with E-state index in [-0.39, 0.29) is 6.10 Å². The topological polar surface area (TPSA) is 50.5 Å². The predicted molar refractivity (Wildman–Crippen MR) is 65.2 cm³/mol. The smallest absolute Gasteiger partial charge is 0.137 e. The summed E-state index contributed by atoms with van der Waals surface area (Å²) in [4.78, 5) is 1.48. The van der Waals surface area contributed by atoms with Crippen LogP contribution in [0.1, 0.15) is 0 Å². The average Bonchev–Trinajstić information content (AvgIpc) is 2.39. The van der Waals surface area contributed by atoms with Gasteiger partial charge in [0.25, 0.3) is 0 Å². The minimum absolute atomic E-state index is 0.372. The van der Waals surface area contributed by atoms with E-state index in [1.165, 1.54) is 18.0 Å². The Morgan fingerprint density at radius 1 is 1.24 bits per heavy atom. The van der Waals surface area contributed by atoms with Crippen molar-refractivity contribution in [2.24, 2.45) is 0 Å². The fourth-order valence-corrected chi connectivity index (χ4v) is 2.19. The Hall–Kier alpha value is -1.10. The first-order valence-electron chi connectivity index (χ1n) is 6.36. The molecular formula is C13H22N2O2+2.